The molecule has 3 heteroatoms. The van der Waals surface area contributed by atoms with E-state index >= 15 is 0 Å². The molecule has 4 atom stereocenters. The highest BCUT2D eigenvalue weighted by molar-refractivity contribution is 5.79. The zero-order valence-electron chi connectivity index (χ0n) is 11.2. The molecule has 0 aromatic heterocycles. The smallest absolute Gasteiger partial charge is 0.225 e. The Labute approximate surface area is 105 Å². The van der Waals surface area contributed by atoms with Gasteiger partial charge in [0.25, 0.3) is 0 Å². The first kappa shape index (κ1) is 12.9. The van der Waals surface area contributed by atoms with Crippen LogP contribution >= 0.6 is 0 Å². The quantitative estimate of drug-likeness (QED) is 0.800. The third-order valence-electron chi connectivity index (χ3n) is 4.78. The second kappa shape index (κ2) is 5.38. The van der Waals surface area contributed by atoms with Crippen LogP contribution in [-0.4, -0.2) is 29.9 Å². The molecule has 1 aliphatic carbocycles. The Hall–Kier alpha value is -0.570. The van der Waals surface area contributed by atoms with Gasteiger partial charge in [-0.1, -0.05) is 20.3 Å². The minimum Gasteiger partial charge on any atom is -0.342 e. The van der Waals surface area contributed by atoms with Gasteiger partial charge in [0.2, 0.25) is 5.91 Å². The Morgan fingerprint density at radius 3 is 2.71 bits per heavy atom. The highest BCUT2D eigenvalue weighted by atomic mass is 16.2. The van der Waals surface area contributed by atoms with Gasteiger partial charge in [0, 0.05) is 25.0 Å². The van der Waals surface area contributed by atoms with E-state index in [1.54, 1.807) is 0 Å². The van der Waals surface area contributed by atoms with Crippen molar-refractivity contribution in [3.8, 4) is 0 Å². The number of carbonyl (C=O) groups is 1. The predicted octanol–water partition coefficient (Wildman–Crippen LogP) is 2.01. The van der Waals surface area contributed by atoms with Crippen LogP contribution in [0, 0.1) is 17.8 Å². The molecule has 0 bridgehead atoms. The lowest BCUT2D eigenvalue weighted by Gasteiger charge is -2.33. The summed E-state index contributed by atoms with van der Waals surface area (Å²) in [5, 5.41) is 0. The molecule has 17 heavy (non-hydrogen) atoms. The van der Waals surface area contributed by atoms with Crippen LogP contribution in [0.3, 0.4) is 0 Å². The first-order chi connectivity index (χ1) is 8.11. The van der Waals surface area contributed by atoms with Gasteiger partial charge in [0.05, 0.1) is 0 Å². The van der Waals surface area contributed by atoms with Crippen LogP contribution in [-0.2, 0) is 4.79 Å². The fourth-order valence-electron chi connectivity index (χ4n) is 3.21. The molecule has 2 N–H and O–H groups in total. The third-order valence-corrected chi connectivity index (χ3v) is 4.78. The van der Waals surface area contributed by atoms with E-state index in [9.17, 15) is 4.79 Å². The highest BCUT2D eigenvalue weighted by Gasteiger charge is 2.34. The van der Waals surface area contributed by atoms with Gasteiger partial charge in [-0.2, -0.15) is 0 Å². The molecule has 98 valence electrons. The van der Waals surface area contributed by atoms with Crippen molar-refractivity contribution in [1.29, 1.82) is 0 Å². The topological polar surface area (TPSA) is 46.3 Å². The molecule has 3 nitrogen and oxygen atoms in total. The van der Waals surface area contributed by atoms with Crippen molar-refractivity contribution in [2.75, 3.05) is 13.1 Å². The van der Waals surface area contributed by atoms with Gasteiger partial charge in [-0.15, -0.1) is 0 Å². The second-order valence-electron chi connectivity index (χ2n) is 6.00. The summed E-state index contributed by atoms with van der Waals surface area (Å²) >= 11 is 0. The largest absolute Gasteiger partial charge is 0.342 e. The van der Waals surface area contributed by atoms with Crippen LogP contribution in [0.5, 0.6) is 0 Å². The van der Waals surface area contributed by atoms with Crippen molar-refractivity contribution in [3.05, 3.63) is 0 Å². The standard InChI is InChI=1S/C14H26N2O/c1-3-11-6-7-16(9-11)14(17)12-5-4-10(2)13(15)8-12/h10-13H,3-9,15H2,1-2H3. The van der Waals surface area contributed by atoms with E-state index in [1.807, 2.05) is 0 Å². The summed E-state index contributed by atoms with van der Waals surface area (Å²) in [6.45, 7) is 6.38. The lowest BCUT2D eigenvalue weighted by molar-refractivity contribution is -0.136. The number of likely N-dealkylation sites (tertiary alicyclic amines) is 1. The molecular formula is C14H26N2O. The Balaban J connectivity index is 1.88. The van der Waals surface area contributed by atoms with Crippen molar-refractivity contribution in [2.24, 2.45) is 23.5 Å². The van der Waals surface area contributed by atoms with Gasteiger partial charge in [-0.25, -0.2) is 0 Å². The third kappa shape index (κ3) is 2.82. The van der Waals surface area contributed by atoms with Crippen molar-refractivity contribution in [2.45, 2.75) is 52.0 Å². The van der Waals surface area contributed by atoms with Crippen LogP contribution < -0.4 is 5.73 Å². The predicted molar refractivity (Wildman–Crippen MR) is 69.5 cm³/mol. The summed E-state index contributed by atoms with van der Waals surface area (Å²) in [7, 11) is 0. The van der Waals surface area contributed by atoms with Gasteiger partial charge in [-0.3, -0.25) is 4.79 Å². The van der Waals surface area contributed by atoms with Gasteiger partial charge in [0.1, 0.15) is 0 Å². The number of hydrogen-bond acceptors (Lipinski definition) is 2. The maximum absolute atomic E-state index is 12.4. The lowest BCUT2D eigenvalue weighted by atomic mass is 9.79. The molecular weight excluding hydrogens is 212 g/mol. The average molecular weight is 238 g/mol. The van der Waals surface area contributed by atoms with E-state index in [2.05, 4.69) is 18.7 Å². The summed E-state index contributed by atoms with van der Waals surface area (Å²) in [4.78, 5) is 14.5. The number of amides is 1. The number of carbonyl (C=O) groups excluding carboxylic acids is 1. The molecule has 2 fully saturated rings. The zero-order chi connectivity index (χ0) is 12.4. The van der Waals surface area contributed by atoms with Crippen molar-refractivity contribution < 1.29 is 4.79 Å². The molecule has 1 heterocycles. The SMILES string of the molecule is CCC1CCN(C(=O)C2CCC(C)C(N)C2)C1. The number of hydrogen-bond donors (Lipinski definition) is 1. The Morgan fingerprint density at radius 2 is 2.12 bits per heavy atom. The van der Waals surface area contributed by atoms with E-state index in [-0.39, 0.29) is 12.0 Å². The van der Waals surface area contributed by atoms with Crippen molar-refractivity contribution in [3.63, 3.8) is 0 Å². The minimum atomic E-state index is 0.205. The van der Waals surface area contributed by atoms with Crippen molar-refractivity contribution in [1.82, 2.24) is 4.90 Å². The molecule has 1 saturated carbocycles. The van der Waals surface area contributed by atoms with E-state index < -0.39 is 0 Å². The van der Waals surface area contributed by atoms with Gasteiger partial charge in [0.15, 0.2) is 0 Å². The van der Waals surface area contributed by atoms with E-state index in [0.717, 1.165) is 38.3 Å². The molecule has 1 amide bonds. The van der Waals surface area contributed by atoms with Gasteiger partial charge >= 0.3 is 0 Å². The van der Waals surface area contributed by atoms with Crippen LogP contribution in [0.2, 0.25) is 0 Å². The summed E-state index contributed by atoms with van der Waals surface area (Å²) in [6, 6.07) is 0.224. The molecule has 0 radical (unpaired) electrons. The van der Waals surface area contributed by atoms with Crippen LogP contribution in [0.4, 0.5) is 0 Å². The average Bonchev–Trinajstić information content (AvgIpc) is 2.80. The molecule has 2 rings (SSSR count). The number of rotatable bonds is 2. The molecule has 1 aliphatic heterocycles. The molecule has 0 spiro atoms. The molecule has 1 saturated heterocycles. The zero-order valence-corrected chi connectivity index (χ0v) is 11.2. The minimum absolute atomic E-state index is 0.205. The van der Waals surface area contributed by atoms with Crippen LogP contribution in [0.1, 0.15) is 46.0 Å². The fraction of sp³-hybridized carbons (Fsp3) is 0.929. The maximum Gasteiger partial charge on any atom is 0.225 e. The molecule has 4 unspecified atom stereocenters. The summed E-state index contributed by atoms with van der Waals surface area (Å²) in [5.41, 5.74) is 6.09. The van der Waals surface area contributed by atoms with E-state index in [4.69, 9.17) is 5.73 Å². The molecule has 0 aromatic carbocycles. The highest BCUT2D eigenvalue weighted by Crippen LogP contribution is 2.30. The summed E-state index contributed by atoms with van der Waals surface area (Å²) < 4.78 is 0. The number of nitrogens with zero attached hydrogens (tertiary/aromatic N) is 1. The summed E-state index contributed by atoms with van der Waals surface area (Å²) in [6.07, 6.45) is 5.44. The van der Waals surface area contributed by atoms with Crippen molar-refractivity contribution >= 4 is 5.91 Å². The van der Waals surface area contributed by atoms with Crippen LogP contribution in [0.25, 0.3) is 0 Å². The first-order valence-corrected chi connectivity index (χ1v) is 7.16. The monoisotopic (exact) mass is 238 g/mol. The number of nitrogens with two attached hydrogens (primary N) is 1. The second-order valence-corrected chi connectivity index (χ2v) is 6.00. The fourth-order valence-corrected chi connectivity index (χ4v) is 3.21. The Morgan fingerprint density at radius 1 is 1.35 bits per heavy atom. The van der Waals surface area contributed by atoms with Gasteiger partial charge in [-0.05, 0) is 37.5 Å². The Kier molecular flexibility index (Phi) is 4.08. The van der Waals surface area contributed by atoms with E-state index in [1.165, 1.54) is 12.8 Å². The molecule has 0 aromatic rings. The van der Waals surface area contributed by atoms with Gasteiger partial charge < -0.3 is 10.6 Å². The normalized spacial score (nSPS) is 38.4. The van der Waals surface area contributed by atoms with Crippen LogP contribution in [0.15, 0.2) is 0 Å². The Bertz CT molecular complexity index is 279. The first-order valence-electron chi connectivity index (χ1n) is 7.16. The molecule has 2 aliphatic rings. The summed E-state index contributed by atoms with van der Waals surface area (Å²) in [5.74, 6) is 1.90. The lowest BCUT2D eigenvalue weighted by Crippen LogP contribution is -2.42. The van der Waals surface area contributed by atoms with E-state index in [0.29, 0.717) is 11.8 Å². The maximum atomic E-state index is 12.4.